The molecule has 78 valence electrons. The number of nitrogens with one attached hydrogen (secondary N) is 1. The standard InChI is InChI=1S/C11H16BrNS/c1-9-8-10(12)4-5-11(9)13-6-3-7-14-2/h4-5,8,13H,3,6-7H2,1-2H3. The number of aryl methyl sites for hydroxylation is 1. The molecule has 0 bridgehead atoms. The average Bonchev–Trinajstić information content (AvgIpc) is 2.15. The lowest BCUT2D eigenvalue weighted by Crippen LogP contribution is -2.03. The first-order valence-corrected chi connectivity index (χ1v) is 6.91. The van der Waals surface area contributed by atoms with E-state index in [1.165, 1.54) is 23.4 Å². The lowest BCUT2D eigenvalue weighted by Gasteiger charge is -2.09. The van der Waals surface area contributed by atoms with E-state index in [9.17, 15) is 0 Å². The largest absolute Gasteiger partial charge is 0.385 e. The monoisotopic (exact) mass is 273 g/mol. The average molecular weight is 274 g/mol. The second kappa shape index (κ2) is 6.36. The van der Waals surface area contributed by atoms with E-state index >= 15 is 0 Å². The molecule has 1 N–H and O–H groups in total. The van der Waals surface area contributed by atoms with Gasteiger partial charge in [-0.25, -0.2) is 0 Å². The van der Waals surface area contributed by atoms with Gasteiger partial charge >= 0.3 is 0 Å². The lowest BCUT2D eigenvalue weighted by molar-refractivity contribution is 0.991. The lowest BCUT2D eigenvalue weighted by atomic mass is 10.2. The Hall–Kier alpha value is -0.150. The molecule has 0 aliphatic rings. The molecular weight excluding hydrogens is 258 g/mol. The van der Waals surface area contributed by atoms with Gasteiger partial charge in [-0.2, -0.15) is 11.8 Å². The molecule has 0 unspecified atom stereocenters. The van der Waals surface area contributed by atoms with Crippen LogP contribution in [0.5, 0.6) is 0 Å². The van der Waals surface area contributed by atoms with Crippen LogP contribution in [0.1, 0.15) is 12.0 Å². The summed E-state index contributed by atoms with van der Waals surface area (Å²) in [7, 11) is 0. The van der Waals surface area contributed by atoms with E-state index in [0.29, 0.717) is 0 Å². The van der Waals surface area contributed by atoms with Crippen LogP contribution in [0.4, 0.5) is 5.69 Å². The van der Waals surface area contributed by atoms with Crippen molar-refractivity contribution in [3.8, 4) is 0 Å². The van der Waals surface area contributed by atoms with Crippen molar-refractivity contribution in [1.82, 2.24) is 0 Å². The number of hydrogen-bond acceptors (Lipinski definition) is 2. The van der Waals surface area contributed by atoms with Crippen molar-refractivity contribution in [1.29, 1.82) is 0 Å². The van der Waals surface area contributed by atoms with Crippen molar-refractivity contribution in [2.45, 2.75) is 13.3 Å². The van der Waals surface area contributed by atoms with Crippen LogP contribution in [0.3, 0.4) is 0 Å². The summed E-state index contributed by atoms with van der Waals surface area (Å²) in [5.41, 5.74) is 2.54. The Morgan fingerprint density at radius 2 is 2.21 bits per heavy atom. The third-order valence-electron chi connectivity index (χ3n) is 2.03. The number of hydrogen-bond donors (Lipinski definition) is 1. The molecule has 1 rings (SSSR count). The first-order valence-electron chi connectivity index (χ1n) is 4.73. The van der Waals surface area contributed by atoms with Crippen molar-refractivity contribution < 1.29 is 0 Å². The zero-order valence-electron chi connectivity index (χ0n) is 8.64. The number of anilines is 1. The van der Waals surface area contributed by atoms with Crippen molar-refractivity contribution in [2.24, 2.45) is 0 Å². The first-order chi connectivity index (χ1) is 6.74. The third-order valence-corrected chi connectivity index (χ3v) is 3.22. The van der Waals surface area contributed by atoms with Crippen LogP contribution in [0, 0.1) is 6.92 Å². The molecule has 0 spiro atoms. The Morgan fingerprint density at radius 1 is 1.43 bits per heavy atom. The van der Waals surface area contributed by atoms with Gasteiger partial charge in [-0.1, -0.05) is 15.9 Å². The van der Waals surface area contributed by atoms with Gasteiger partial charge in [-0.15, -0.1) is 0 Å². The predicted molar refractivity (Wildman–Crippen MR) is 70.4 cm³/mol. The van der Waals surface area contributed by atoms with E-state index < -0.39 is 0 Å². The first kappa shape index (κ1) is 11.9. The smallest absolute Gasteiger partial charge is 0.0370 e. The zero-order chi connectivity index (χ0) is 10.4. The fraction of sp³-hybridized carbons (Fsp3) is 0.455. The number of benzene rings is 1. The summed E-state index contributed by atoms with van der Waals surface area (Å²) in [6.07, 6.45) is 3.36. The van der Waals surface area contributed by atoms with Crippen LogP contribution in [0.25, 0.3) is 0 Å². The highest BCUT2D eigenvalue weighted by Gasteiger charge is 1.97. The molecule has 1 nitrogen and oxygen atoms in total. The Morgan fingerprint density at radius 3 is 2.86 bits per heavy atom. The molecule has 0 atom stereocenters. The summed E-state index contributed by atoms with van der Waals surface area (Å²) in [6, 6.07) is 6.33. The van der Waals surface area contributed by atoms with Gasteiger partial charge in [0.1, 0.15) is 0 Å². The summed E-state index contributed by atoms with van der Waals surface area (Å²) in [6.45, 7) is 3.19. The molecule has 0 aliphatic carbocycles. The molecule has 14 heavy (non-hydrogen) atoms. The van der Waals surface area contributed by atoms with Crippen molar-refractivity contribution >= 4 is 33.4 Å². The van der Waals surface area contributed by atoms with E-state index in [-0.39, 0.29) is 0 Å². The van der Waals surface area contributed by atoms with Crippen molar-refractivity contribution in [3.63, 3.8) is 0 Å². The maximum atomic E-state index is 3.46. The molecule has 1 aromatic carbocycles. The van der Waals surface area contributed by atoms with Gasteiger partial charge in [0.05, 0.1) is 0 Å². The van der Waals surface area contributed by atoms with Crippen molar-refractivity contribution in [3.05, 3.63) is 28.2 Å². The minimum atomic E-state index is 1.06. The molecule has 0 radical (unpaired) electrons. The third kappa shape index (κ3) is 3.93. The van der Waals surface area contributed by atoms with E-state index in [2.05, 4.69) is 52.6 Å². The van der Waals surface area contributed by atoms with E-state index in [1.54, 1.807) is 0 Å². The minimum Gasteiger partial charge on any atom is -0.385 e. The molecule has 0 saturated heterocycles. The number of thioether (sulfide) groups is 1. The summed E-state index contributed by atoms with van der Waals surface area (Å²) in [4.78, 5) is 0. The van der Waals surface area contributed by atoms with Crippen LogP contribution in [0.15, 0.2) is 22.7 Å². The molecular formula is C11H16BrNS. The maximum Gasteiger partial charge on any atom is 0.0370 e. The van der Waals surface area contributed by atoms with E-state index in [1.807, 2.05) is 11.8 Å². The maximum absolute atomic E-state index is 3.46. The van der Waals surface area contributed by atoms with Gasteiger partial charge < -0.3 is 5.32 Å². The van der Waals surface area contributed by atoms with Crippen LogP contribution in [-0.2, 0) is 0 Å². The Labute approximate surface area is 98.8 Å². The second-order valence-corrected chi connectivity index (χ2v) is 5.13. The Kier molecular flexibility index (Phi) is 5.41. The molecule has 0 heterocycles. The topological polar surface area (TPSA) is 12.0 Å². The highest BCUT2D eigenvalue weighted by Crippen LogP contribution is 2.19. The van der Waals surface area contributed by atoms with Gasteiger partial charge in [0.2, 0.25) is 0 Å². The van der Waals surface area contributed by atoms with Gasteiger partial charge in [0, 0.05) is 16.7 Å². The fourth-order valence-electron chi connectivity index (χ4n) is 1.26. The molecule has 0 aromatic heterocycles. The normalized spacial score (nSPS) is 10.2. The summed E-state index contributed by atoms with van der Waals surface area (Å²) in [5, 5.41) is 3.44. The van der Waals surface area contributed by atoms with Gasteiger partial charge in [0.15, 0.2) is 0 Å². The van der Waals surface area contributed by atoms with Gasteiger partial charge in [0.25, 0.3) is 0 Å². The molecule has 1 aromatic rings. The quantitative estimate of drug-likeness (QED) is 0.817. The number of halogens is 1. The molecule has 0 aliphatic heterocycles. The molecule has 0 saturated carbocycles. The number of rotatable bonds is 5. The molecule has 3 heteroatoms. The summed E-state index contributed by atoms with van der Waals surface area (Å²) >= 11 is 5.35. The zero-order valence-corrected chi connectivity index (χ0v) is 11.0. The second-order valence-electron chi connectivity index (χ2n) is 3.23. The predicted octanol–water partition coefficient (Wildman–Crippen LogP) is 3.92. The Bertz CT molecular complexity index is 289. The van der Waals surface area contributed by atoms with E-state index in [0.717, 1.165) is 11.0 Å². The highest BCUT2D eigenvalue weighted by atomic mass is 79.9. The summed E-state index contributed by atoms with van der Waals surface area (Å²) < 4.78 is 1.14. The fourth-order valence-corrected chi connectivity index (χ4v) is 2.17. The van der Waals surface area contributed by atoms with Gasteiger partial charge in [-0.05, 0) is 49.1 Å². The molecule has 0 amide bonds. The SMILES string of the molecule is CSCCCNc1ccc(Br)cc1C. The van der Waals surface area contributed by atoms with Crippen LogP contribution < -0.4 is 5.32 Å². The van der Waals surface area contributed by atoms with Crippen LogP contribution in [-0.4, -0.2) is 18.6 Å². The summed E-state index contributed by atoms with van der Waals surface area (Å²) in [5.74, 6) is 1.22. The van der Waals surface area contributed by atoms with Gasteiger partial charge in [-0.3, -0.25) is 0 Å². The van der Waals surface area contributed by atoms with Crippen LogP contribution >= 0.6 is 27.7 Å². The van der Waals surface area contributed by atoms with Crippen LogP contribution in [0.2, 0.25) is 0 Å². The highest BCUT2D eigenvalue weighted by molar-refractivity contribution is 9.10. The Balaban J connectivity index is 2.42. The van der Waals surface area contributed by atoms with E-state index in [4.69, 9.17) is 0 Å². The molecule has 0 fully saturated rings. The minimum absolute atomic E-state index is 1.06. The van der Waals surface area contributed by atoms with Crippen molar-refractivity contribution in [2.75, 3.05) is 23.9 Å².